The lowest BCUT2D eigenvalue weighted by Crippen LogP contribution is -2.58. The first-order valence-electron chi connectivity index (χ1n) is 7.97. The van der Waals surface area contributed by atoms with Crippen molar-refractivity contribution in [2.24, 2.45) is 0 Å². The Balaban J connectivity index is 1.77. The lowest BCUT2D eigenvalue weighted by molar-refractivity contribution is -0.133. The van der Waals surface area contributed by atoms with Gasteiger partial charge in [0.2, 0.25) is 5.91 Å². The fourth-order valence-corrected chi connectivity index (χ4v) is 4.20. The highest BCUT2D eigenvalue weighted by Gasteiger charge is 2.47. The van der Waals surface area contributed by atoms with Gasteiger partial charge in [0.1, 0.15) is 5.66 Å². The van der Waals surface area contributed by atoms with Crippen LogP contribution >= 0.6 is 0 Å². The number of carbonyl (C=O) groups excluding carboxylic acids is 1. The van der Waals surface area contributed by atoms with Gasteiger partial charge in [-0.3, -0.25) is 10.1 Å². The highest BCUT2D eigenvalue weighted by Crippen LogP contribution is 2.40. The summed E-state index contributed by atoms with van der Waals surface area (Å²) in [5.74, 6) is 0.315. The minimum Gasteiger partial charge on any atom is -0.320 e. The van der Waals surface area contributed by atoms with Crippen LogP contribution in [0.2, 0.25) is 0 Å². The number of benzene rings is 1. The summed E-state index contributed by atoms with van der Waals surface area (Å²) < 4.78 is 0. The third-order valence-corrected chi connectivity index (χ3v) is 5.26. The molecule has 4 rings (SSSR count). The third-order valence-electron chi connectivity index (χ3n) is 5.26. The number of rotatable bonds is 1. The fourth-order valence-electron chi connectivity index (χ4n) is 4.20. The zero-order valence-electron chi connectivity index (χ0n) is 12.0. The normalized spacial score (nSPS) is 29.2. The average molecular weight is 270 g/mol. The largest absolute Gasteiger partial charge is 0.320 e. The van der Waals surface area contributed by atoms with Gasteiger partial charge in [0.25, 0.3) is 0 Å². The molecule has 0 saturated carbocycles. The topological polar surface area (TPSA) is 32.3 Å². The molecule has 0 bridgehead atoms. The Morgan fingerprint density at radius 2 is 1.90 bits per heavy atom. The van der Waals surface area contributed by atoms with Crippen molar-refractivity contribution < 1.29 is 4.79 Å². The second-order valence-electron chi connectivity index (χ2n) is 6.38. The molecule has 0 spiro atoms. The second-order valence-corrected chi connectivity index (χ2v) is 6.38. The van der Waals surface area contributed by atoms with E-state index >= 15 is 0 Å². The lowest BCUT2D eigenvalue weighted by Gasteiger charge is -2.44. The highest BCUT2D eigenvalue weighted by molar-refractivity contribution is 5.80. The predicted molar refractivity (Wildman–Crippen MR) is 78.3 cm³/mol. The van der Waals surface area contributed by atoms with E-state index in [-0.39, 0.29) is 5.66 Å². The van der Waals surface area contributed by atoms with E-state index in [9.17, 15) is 4.79 Å². The van der Waals surface area contributed by atoms with Gasteiger partial charge in [-0.1, -0.05) is 18.2 Å². The minimum absolute atomic E-state index is 0.207. The highest BCUT2D eigenvalue weighted by atomic mass is 16.2. The van der Waals surface area contributed by atoms with Gasteiger partial charge in [0.15, 0.2) is 0 Å². The Bertz CT molecular complexity index is 554. The smallest absolute Gasteiger partial charge is 0.224 e. The van der Waals surface area contributed by atoms with Crippen molar-refractivity contribution >= 4 is 5.91 Å². The number of hydrogen-bond acceptors (Lipinski definition) is 2. The third kappa shape index (κ3) is 1.72. The molecule has 1 N–H and O–H groups in total. The summed E-state index contributed by atoms with van der Waals surface area (Å²) in [6.45, 7) is 1.92. The van der Waals surface area contributed by atoms with Crippen LogP contribution in [0.15, 0.2) is 18.2 Å². The Morgan fingerprint density at radius 3 is 2.80 bits per heavy atom. The van der Waals surface area contributed by atoms with E-state index in [1.54, 1.807) is 0 Å². The zero-order chi connectivity index (χ0) is 13.6. The van der Waals surface area contributed by atoms with Crippen LogP contribution in [0, 0.1) is 0 Å². The average Bonchev–Trinajstić information content (AvgIpc) is 2.86. The van der Waals surface area contributed by atoms with Gasteiger partial charge in [-0.25, -0.2) is 0 Å². The van der Waals surface area contributed by atoms with Crippen LogP contribution in [-0.2, 0) is 23.3 Å². The number of nitrogens with one attached hydrogen (secondary N) is 1. The summed E-state index contributed by atoms with van der Waals surface area (Å²) in [6.07, 6.45) is 7.72. The van der Waals surface area contributed by atoms with Gasteiger partial charge in [0, 0.05) is 13.0 Å². The monoisotopic (exact) mass is 270 g/mol. The van der Waals surface area contributed by atoms with Gasteiger partial charge >= 0.3 is 0 Å². The summed E-state index contributed by atoms with van der Waals surface area (Å²) in [5.41, 5.74) is 4.13. The molecule has 1 aromatic rings. The number of amides is 1. The summed E-state index contributed by atoms with van der Waals surface area (Å²) in [6, 6.07) is 6.93. The number of nitrogens with zero attached hydrogens (tertiary/aromatic N) is 1. The van der Waals surface area contributed by atoms with E-state index in [1.165, 1.54) is 42.4 Å². The zero-order valence-corrected chi connectivity index (χ0v) is 12.0. The summed E-state index contributed by atoms with van der Waals surface area (Å²) in [4.78, 5) is 14.2. The van der Waals surface area contributed by atoms with Crippen molar-refractivity contribution in [2.75, 3.05) is 13.1 Å². The molecule has 3 aliphatic rings. The van der Waals surface area contributed by atoms with Crippen LogP contribution in [0.25, 0.3) is 0 Å². The molecule has 2 fully saturated rings. The van der Waals surface area contributed by atoms with Gasteiger partial charge in [0.05, 0.1) is 0 Å². The maximum absolute atomic E-state index is 12.2. The predicted octanol–water partition coefficient (Wildman–Crippen LogP) is 2.33. The Morgan fingerprint density at radius 1 is 1.05 bits per heavy atom. The summed E-state index contributed by atoms with van der Waals surface area (Å²) >= 11 is 0. The lowest BCUT2D eigenvalue weighted by atomic mass is 9.86. The van der Waals surface area contributed by atoms with Crippen molar-refractivity contribution in [3.05, 3.63) is 34.9 Å². The van der Waals surface area contributed by atoms with Crippen LogP contribution in [0.5, 0.6) is 0 Å². The SMILES string of the molecule is O=C1CC[C@]2(c3ccc4c(c3)CCCC4)NCCCN12. The standard InChI is InChI=1S/C17H22N2O/c20-16-8-9-17(18-10-3-11-19(16)17)15-7-6-13-4-1-2-5-14(13)12-15/h6-7,12,18H,1-5,8-11H2/t17-/m0/s1. The van der Waals surface area contributed by atoms with Crippen molar-refractivity contribution in [3.8, 4) is 0 Å². The molecule has 1 aromatic carbocycles. The maximum Gasteiger partial charge on any atom is 0.224 e. The van der Waals surface area contributed by atoms with Crippen molar-refractivity contribution in [2.45, 2.75) is 50.6 Å². The molecule has 20 heavy (non-hydrogen) atoms. The van der Waals surface area contributed by atoms with Gasteiger partial charge in [-0.05, 0) is 61.8 Å². The van der Waals surface area contributed by atoms with Crippen LogP contribution in [-0.4, -0.2) is 23.9 Å². The van der Waals surface area contributed by atoms with E-state index in [0.29, 0.717) is 12.3 Å². The van der Waals surface area contributed by atoms with E-state index in [2.05, 4.69) is 28.4 Å². The van der Waals surface area contributed by atoms with Gasteiger partial charge in [-0.2, -0.15) is 0 Å². The molecule has 2 aliphatic heterocycles. The number of carbonyl (C=O) groups is 1. The molecular formula is C17H22N2O. The Hall–Kier alpha value is -1.35. The van der Waals surface area contributed by atoms with Crippen LogP contribution in [0.4, 0.5) is 0 Å². The molecule has 1 amide bonds. The molecule has 0 radical (unpaired) electrons. The fraction of sp³-hybridized carbons (Fsp3) is 0.588. The molecule has 1 atom stereocenters. The molecule has 0 aromatic heterocycles. The first-order valence-corrected chi connectivity index (χ1v) is 7.97. The Kier molecular flexibility index (Phi) is 2.84. The number of fused-ring (bicyclic) bond motifs is 2. The minimum atomic E-state index is -0.207. The summed E-state index contributed by atoms with van der Waals surface area (Å²) in [7, 11) is 0. The molecule has 106 valence electrons. The van der Waals surface area contributed by atoms with E-state index in [1.807, 2.05) is 0 Å². The van der Waals surface area contributed by atoms with E-state index in [4.69, 9.17) is 0 Å². The van der Waals surface area contributed by atoms with Crippen molar-refractivity contribution in [1.82, 2.24) is 10.2 Å². The molecular weight excluding hydrogens is 248 g/mol. The quantitative estimate of drug-likeness (QED) is 0.849. The van der Waals surface area contributed by atoms with Crippen LogP contribution < -0.4 is 5.32 Å². The first-order chi connectivity index (χ1) is 9.79. The van der Waals surface area contributed by atoms with Crippen molar-refractivity contribution in [1.29, 1.82) is 0 Å². The van der Waals surface area contributed by atoms with Gasteiger partial charge < -0.3 is 4.90 Å². The molecule has 2 heterocycles. The second kappa shape index (κ2) is 4.59. The maximum atomic E-state index is 12.2. The molecule has 0 unspecified atom stereocenters. The number of hydrogen-bond donors (Lipinski definition) is 1. The summed E-state index contributed by atoms with van der Waals surface area (Å²) in [5, 5.41) is 3.65. The van der Waals surface area contributed by atoms with Crippen LogP contribution in [0.3, 0.4) is 0 Å². The van der Waals surface area contributed by atoms with Crippen LogP contribution in [0.1, 0.15) is 48.8 Å². The molecule has 2 saturated heterocycles. The Labute approximate surface area is 120 Å². The van der Waals surface area contributed by atoms with E-state index in [0.717, 1.165) is 25.9 Å². The number of aryl methyl sites for hydroxylation is 2. The molecule has 1 aliphatic carbocycles. The van der Waals surface area contributed by atoms with Gasteiger partial charge in [-0.15, -0.1) is 0 Å². The molecule has 3 nitrogen and oxygen atoms in total. The van der Waals surface area contributed by atoms with Crippen molar-refractivity contribution in [3.63, 3.8) is 0 Å². The molecule has 3 heteroatoms. The first kappa shape index (κ1) is 12.4. The van der Waals surface area contributed by atoms with E-state index < -0.39 is 0 Å².